The molecule has 1 aliphatic rings. The van der Waals surface area contributed by atoms with Crippen LogP contribution >= 0.6 is 23.5 Å². The van der Waals surface area contributed by atoms with Crippen molar-refractivity contribution >= 4 is 41.2 Å². The van der Waals surface area contributed by atoms with Crippen LogP contribution in [0.2, 0.25) is 0 Å². The first-order valence-electron chi connectivity index (χ1n) is 7.29. The van der Waals surface area contributed by atoms with Gasteiger partial charge in [0.05, 0.1) is 12.4 Å². The number of ketones is 1. The lowest BCUT2D eigenvalue weighted by molar-refractivity contribution is -0.171. The number of carbonyl (C=O) groups is 3. The molecule has 3 rings (SSSR count). The lowest BCUT2D eigenvalue weighted by Crippen LogP contribution is -2.51. The Balaban J connectivity index is 1.92. The largest absolute Gasteiger partial charge is 0.463 e. The molecule has 2 aromatic rings. The van der Waals surface area contributed by atoms with E-state index in [9.17, 15) is 14.4 Å². The predicted molar refractivity (Wildman–Crippen MR) is 88.0 cm³/mol. The van der Waals surface area contributed by atoms with Crippen LogP contribution in [-0.2, 0) is 23.9 Å². The maximum absolute atomic E-state index is 12.6. The topological polar surface area (TPSA) is 127 Å². The van der Waals surface area contributed by atoms with Crippen LogP contribution in [0.3, 0.4) is 0 Å². The number of nitrogens with one attached hydrogen (secondary N) is 2. The normalized spacial score (nSPS) is 22.8. The highest BCUT2D eigenvalue weighted by atomic mass is 32.2. The molecule has 2 aromatic heterocycles. The van der Waals surface area contributed by atoms with Crippen molar-refractivity contribution < 1.29 is 23.9 Å². The van der Waals surface area contributed by atoms with Crippen LogP contribution in [0, 0.1) is 0 Å². The van der Waals surface area contributed by atoms with Crippen LogP contribution in [0.4, 0.5) is 0 Å². The molecule has 0 radical (unpaired) electrons. The molecule has 0 saturated carbocycles. The summed E-state index contributed by atoms with van der Waals surface area (Å²) < 4.78 is 10.3. The molecule has 25 heavy (non-hydrogen) atoms. The van der Waals surface area contributed by atoms with Gasteiger partial charge in [-0.2, -0.15) is 0 Å². The fraction of sp³-hybridized carbons (Fsp3) is 0.357. The van der Waals surface area contributed by atoms with Gasteiger partial charge in [-0.25, -0.2) is 19.6 Å². The first-order valence-corrected chi connectivity index (χ1v) is 9.16. The highest BCUT2D eigenvalue weighted by Crippen LogP contribution is 2.40. The van der Waals surface area contributed by atoms with Crippen molar-refractivity contribution in [1.82, 2.24) is 19.9 Å². The van der Waals surface area contributed by atoms with Gasteiger partial charge in [-0.15, -0.1) is 0 Å². The molecule has 2 unspecified atom stereocenters. The smallest absolute Gasteiger partial charge is 0.377 e. The van der Waals surface area contributed by atoms with Crippen LogP contribution < -0.4 is 0 Å². The van der Waals surface area contributed by atoms with Crippen LogP contribution in [0.25, 0.3) is 0 Å². The van der Waals surface area contributed by atoms with Crippen molar-refractivity contribution in [2.45, 2.75) is 28.1 Å². The molecule has 9 nitrogen and oxygen atoms in total. The van der Waals surface area contributed by atoms with Crippen molar-refractivity contribution in [3.63, 3.8) is 0 Å². The molecule has 1 fully saturated rings. The molecule has 0 spiro atoms. The van der Waals surface area contributed by atoms with Gasteiger partial charge in [-0.1, -0.05) is 23.5 Å². The lowest BCUT2D eigenvalue weighted by atomic mass is 10.0. The summed E-state index contributed by atoms with van der Waals surface area (Å²) >= 11 is 2.12. The van der Waals surface area contributed by atoms with Crippen molar-refractivity contribution in [2.24, 2.45) is 0 Å². The zero-order chi connectivity index (χ0) is 17.9. The van der Waals surface area contributed by atoms with Gasteiger partial charge in [0, 0.05) is 24.8 Å². The van der Waals surface area contributed by atoms with Gasteiger partial charge < -0.3 is 19.4 Å². The maximum Gasteiger partial charge on any atom is 0.377 e. The van der Waals surface area contributed by atoms with Crippen LogP contribution in [0.5, 0.6) is 0 Å². The van der Waals surface area contributed by atoms with Crippen LogP contribution in [0.15, 0.2) is 35.1 Å². The molecule has 1 aliphatic heterocycles. The number of thioether (sulfide) groups is 2. The second-order valence-corrected chi connectivity index (χ2v) is 7.00. The molecule has 0 amide bonds. The van der Waals surface area contributed by atoms with E-state index in [2.05, 4.69) is 19.9 Å². The summed E-state index contributed by atoms with van der Waals surface area (Å²) in [6.07, 6.45) is 6.27. The van der Waals surface area contributed by atoms with E-state index in [1.807, 2.05) is 0 Å². The van der Waals surface area contributed by atoms with Gasteiger partial charge in [-0.05, 0) is 6.92 Å². The maximum atomic E-state index is 12.6. The number of hydrogen-bond donors (Lipinski definition) is 2. The van der Waals surface area contributed by atoms with Gasteiger partial charge in [-0.3, -0.25) is 4.79 Å². The number of aromatic nitrogens is 4. The van der Waals surface area contributed by atoms with E-state index < -0.39 is 28.6 Å². The Kier molecular flexibility index (Phi) is 5.13. The summed E-state index contributed by atoms with van der Waals surface area (Å²) in [5, 5.41) is -0.179. The third-order valence-corrected chi connectivity index (χ3v) is 5.70. The highest BCUT2D eigenvalue weighted by Gasteiger charge is 2.62. The zero-order valence-electron chi connectivity index (χ0n) is 13.1. The predicted octanol–water partition coefficient (Wildman–Crippen LogP) is 0.814. The fourth-order valence-electron chi connectivity index (χ4n) is 2.23. The standard InChI is InChI=1S/C14H14N4O5S2/c1-2-22-11(21)14(7-24-12-15-3-4-16-12)9(8(19)10(20)23-14)25-13-17-5-6-18-13/h3-6,9H,2,7H2,1H3,(H,15,16)(H,17,18). The minimum absolute atomic E-state index is 0.0186. The SMILES string of the molecule is CCOC(=O)C1(CSc2ncc[nH]2)OC(=O)C(=O)C1Sc1ncc[nH]1. The first-order chi connectivity index (χ1) is 12.1. The number of cyclic esters (lactones) is 1. The van der Waals surface area contributed by atoms with Crippen molar-refractivity contribution in [1.29, 1.82) is 0 Å². The number of hydrogen-bond acceptors (Lipinski definition) is 9. The summed E-state index contributed by atoms with van der Waals surface area (Å²) in [6, 6.07) is 0. The molecule has 0 aliphatic carbocycles. The fourth-order valence-corrected chi connectivity index (χ4v) is 4.42. The molecule has 132 valence electrons. The van der Waals surface area contributed by atoms with E-state index in [0.717, 1.165) is 23.5 Å². The monoisotopic (exact) mass is 382 g/mol. The number of nitrogens with zero attached hydrogens (tertiary/aromatic N) is 2. The third kappa shape index (κ3) is 3.42. The summed E-state index contributed by atoms with van der Waals surface area (Å²) in [5.74, 6) is -2.64. The number of Topliss-reactive ketones (excluding diaryl/α,β-unsaturated/α-hetero) is 1. The molecule has 2 N–H and O–H groups in total. The molecule has 3 heterocycles. The average Bonchev–Trinajstić information content (AvgIpc) is 3.32. The van der Waals surface area contributed by atoms with Gasteiger partial charge >= 0.3 is 11.9 Å². The van der Waals surface area contributed by atoms with E-state index in [1.165, 1.54) is 6.20 Å². The minimum Gasteiger partial charge on any atom is -0.463 e. The van der Waals surface area contributed by atoms with E-state index >= 15 is 0 Å². The molecule has 1 saturated heterocycles. The number of esters is 2. The Morgan fingerprint density at radius 2 is 1.96 bits per heavy atom. The van der Waals surface area contributed by atoms with Crippen molar-refractivity contribution in [3.05, 3.63) is 24.8 Å². The van der Waals surface area contributed by atoms with Crippen LogP contribution in [-0.4, -0.2) is 60.9 Å². The third-order valence-electron chi connectivity index (χ3n) is 3.36. The van der Waals surface area contributed by atoms with Gasteiger partial charge in [0.15, 0.2) is 10.3 Å². The van der Waals surface area contributed by atoms with Crippen LogP contribution in [0.1, 0.15) is 6.92 Å². The Morgan fingerprint density at radius 3 is 2.56 bits per heavy atom. The number of imidazole rings is 2. The highest BCUT2D eigenvalue weighted by molar-refractivity contribution is 8.01. The lowest BCUT2D eigenvalue weighted by Gasteiger charge is -2.28. The minimum atomic E-state index is -1.75. The van der Waals surface area contributed by atoms with Gasteiger partial charge in [0.2, 0.25) is 5.60 Å². The second-order valence-electron chi connectivity index (χ2n) is 4.94. The quantitative estimate of drug-likeness (QED) is 0.406. The van der Waals surface area contributed by atoms with Gasteiger partial charge in [0.1, 0.15) is 5.25 Å². The zero-order valence-corrected chi connectivity index (χ0v) is 14.7. The van der Waals surface area contributed by atoms with E-state index in [-0.39, 0.29) is 12.4 Å². The summed E-state index contributed by atoms with van der Waals surface area (Å²) in [6.45, 7) is 1.73. The number of rotatable bonds is 7. The van der Waals surface area contributed by atoms with Crippen molar-refractivity contribution in [2.75, 3.05) is 12.4 Å². The molecular weight excluding hydrogens is 368 g/mol. The number of aromatic amines is 2. The average molecular weight is 382 g/mol. The Labute approximate surface area is 150 Å². The molecule has 0 bridgehead atoms. The summed E-state index contributed by atoms with van der Waals surface area (Å²) in [5.41, 5.74) is -1.75. The molecular formula is C14H14N4O5S2. The van der Waals surface area contributed by atoms with E-state index in [1.54, 1.807) is 25.5 Å². The van der Waals surface area contributed by atoms with E-state index in [4.69, 9.17) is 9.47 Å². The number of carbonyl (C=O) groups excluding carboxylic acids is 3. The number of H-pyrrole nitrogens is 2. The first kappa shape index (κ1) is 17.5. The van der Waals surface area contributed by atoms with Gasteiger partial charge in [0.25, 0.3) is 5.78 Å². The molecule has 11 heteroatoms. The number of ether oxygens (including phenoxy) is 2. The summed E-state index contributed by atoms with van der Waals surface area (Å²) in [4.78, 5) is 50.7. The Morgan fingerprint density at radius 1 is 1.28 bits per heavy atom. The second kappa shape index (κ2) is 7.31. The Hall–Kier alpha value is -2.27. The van der Waals surface area contributed by atoms with Crippen molar-refractivity contribution in [3.8, 4) is 0 Å². The summed E-state index contributed by atoms with van der Waals surface area (Å²) in [7, 11) is 0. The molecule has 0 aromatic carbocycles. The molecule has 2 atom stereocenters. The van der Waals surface area contributed by atoms with E-state index in [0.29, 0.717) is 10.3 Å². The Bertz CT molecular complexity index is 764.